The van der Waals surface area contributed by atoms with Gasteiger partial charge in [0.25, 0.3) is 0 Å². The highest BCUT2D eigenvalue weighted by Crippen LogP contribution is 2.15. The molecule has 0 aliphatic rings. The summed E-state index contributed by atoms with van der Waals surface area (Å²) in [5.74, 6) is -1.02. The van der Waals surface area contributed by atoms with Crippen LogP contribution in [0.5, 0.6) is 5.75 Å². The fraction of sp³-hybridized carbons (Fsp3) is 0.267. The molecule has 116 valence electrons. The predicted molar refractivity (Wildman–Crippen MR) is 73.0 cm³/mol. The third-order valence-electron chi connectivity index (χ3n) is 2.78. The highest BCUT2D eigenvalue weighted by molar-refractivity contribution is 5.23. The molecule has 0 bridgehead atoms. The van der Waals surface area contributed by atoms with Crippen LogP contribution < -0.4 is 10.1 Å². The molecule has 7 heteroatoms. The van der Waals surface area contributed by atoms with Crippen molar-refractivity contribution in [3.05, 3.63) is 53.5 Å². The molecule has 0 spiro atoms. The van der Waals surface area contributed by atoms with Gasteiger partial charge in [-0.3, -0.25) is 0 Å². The lowest BCUT2D eigenvalue weighted by atomic mass is 10.3. The van der Waals surface area contributed by atoms with Crippen LogP contribution in [-0.2, 0) is 6.54 Å². The van der Waals surface area contributed by atoms with Crippen LogP contribution in [0.1, 0.15) is 11.5 Å². The van der Waals surface area contributed by atoms with E-state index in [1.165, 1.54) is 6.07 Å². The molecule has 0 aliphatic carbocycles. The number of nitrogens with one attached hydrogen (secondary N) is 1. The quantitative estimate of drug-likeness (QED) is 0.817. The number of aliphatic hydroxyl groups is 1. The summed E-state index contributed by atoms with van der Waals surface area (Å²) in [7, 11) is 0. The van der Waals surface area contributed by atoms with E-state index in [1.54, 1.807) is 12.1 Å². The summed E-state index contributed by atoms with van der Waals surface area (Å²) in [6, 6.07) is 8.25. The molecule has 1 aromatic heterocycles. The average molecular weight is 308 g/mol. The van der Waals surface area contributed by atoms with E-state index in [9.17, 15) is 13.9 Å². The first-order valence-corrected chi connectivity index (χ1v) is 6.54. The summed E-state index contributed by atoms with van der Waals surface area (Å²) >= 11 is 0. The molecule has 0 amide bonds. The van der Waals surface area contributed by atoms with E-state index in [2.05, 4.69) is 5.32 Å². The lowest BCUT2D eigenvalue weighted by molar-refractivity contribution is 0.105. The Hall–Kier alpha value is -2.43. The molecule has 0 aliphatic heterocycles. The van der Waals surface area contributed by atoms with Gasteiger partial charge in [0.15, 0.2) is 11.6 Å². The number of ether oxygens (including phenoxy) is 1. The summed E-state index contributed by atoms with van der Waals surface area (Å²) in [5.41, 5.74) is 0. The topological polar surface area (TPSA) is 78.4 Å². The molecule has 1 aromatic carbocycles. The maximum atomic E-state index is 13.0. The number of rotatable bonds is 7. The second-order valence-corrected chi connectivity index (χ2v) is 4.55. The van der Waals surface area contributed by atoms with Crippen molar-refractivity contribution < 1.29 is 23.0 Å². The zero-order valence-electron chi connectivity index (χ0n) is 11.6. The third kappa shape index (κ3) is 4.55. The van der Waals surface area contributed by atoms with Gasteiger partial charge >= 0.3 is 0 Å². The van der Waals surface area contributed by atoms with Crippen molar-refractivity contribution in [2.24, 2.45) is 0 Å². The van der Waals surface area contributed by atoms with E-state index >= 15 is 0 Å². The third-order valence-corrected chi connectivity index (χ3v) is 2.78. The molecular weight excluding hydrogens is 294 g/mol. The second-order valence-electron chi connectivity index (χ2n) is 4.55. The van der Waals surface area contributed by atoms with Crippen LogP contribution in [0.4, 0.5) is 8.78 Å². The van der Waals surface area contributed by atoms with Gasteiger partial charge in [0, 0.05) is 12.6 Å². The Morgan fingerprint density at radius 2 is 2.09 bits per heavy atom. The minimum absolute atomic E-state index is 0.0698. The summed E-state index contributed by atoms with van der Waals surface area (Å²) < 4.78 is 36.0. The fourth-order valence-corrected chi connectivity index (χ4v) is 1.71. The lowest BCUT2D eigenvalue weighted by Crippen LogP contribution is -2.31. The summed E-state index contributed by atoms with van der Waals surface area (Å²) in [6.07, 6.45) is -0.835. The van der Waals surface area contributed by atoms with Crippen LogP contribution in [-0.4, -0.2) is 24.4 Å². The largest absolute Gasteiger partial charge is 0.491 e. The Morgan fingerprint density at radius 1 is 1.27 bits per heavy atom. The van der Waals surface area contributed by atoms with E-state index in [4.69, 9.17) is 14.4 Å². The highest BCUT2D eigenvalue weighted by Gasteiger charge is 2.08. The number of hydrogen-bond acceptors (Lipinski definition) is 5. The van der Waals surface area contributed by atoms with Crippen LogP contribution in [0, 0.1) is 23.0 Å². The standard InChI is InChI=1S/C15H14F2N2O3/c16-14-4-3-11(5-15(14)17)21-9-10(20)7-19-8-13-2-1-12(6-18)22-13/h1-5,10,19-20H,7-9H2. The van der Waals surface area contributed by atoms with Gasteiger partial charge < -0.3 is 19.6 Å². The van der Waals surface area contributed by atoms with Crippen LogP contribution in [0.2, 0.25) is 0 Å². The molecule has 2 N–H and O–H groups in total. The van der Waals surface area contributed by atoms with Gasteiger partial charge in [-0.15, -0.1) is 0 Å². The molecule has 2 aromatic rings. The van der Waals surface area contributed by atoms with Crippen molar-refractivity contribution in [2.45, 2.75) is 12.6 Å². The van der Waals surface area contributed by atoms with Crippen molar-refractivity contribution in [3.8, 4) is 11.8 Å². The average Bonchev–Trinajstić information content (AvgIpc) is 2.96. The molecule has 1 atom stereocenters. The molecule has 0 fully saturated rings. The number of benzene rings is 1. The summed E-state index contributed by atoms with van der Waals surface area (Å²) in [5, 5.41) is 21.3. The maximum Gasteiger partial charge on any atom is 0.203 e. The number of furan rings is 1. The molecule has 0 saturated heterocycles. The van der Waals surface area contributed by atoms with Gasteiger partial charge in [-0.05, 0) is 24.3 Å². The number of aliphatic hydroxyl groups excluding tert-OH is 1. The van der Waals surface area contributed by atoms with Gasteiger partial charge in [0.1, 0.15) is 30.3 Å². The predicted octanol–water partition coefficient (Wildman–Crippen LogP) is 1.96. The van der Waals surface area contributed by atoms with E-state index in [-0.39, 0.29) is 24.7 Å². The highest BCUT2D eigenvalue weighted by atomic mass is 19.2. The molecule has 1 heterocycles. The first kappa shape index (κ1) is 15.9. The minimum atomic E-state index is -1.00. The van der Waals surface area contributed by atoms with Crippen molar-refractivity contribution in [2.75, 3.05) is 13.2 Å². The Balaban J connectivity index is 1.70. The normalized spacial score (nSPS) is 11.9. The molecule has 1 unspecified atom stereocenters. The molecule has 5 nitrogen and oxygen atoms in total. The Morgan fingerprint density at radius 3 is 2.77 bits per heavy atom. The van der Waals surface area contributed by atoms with Crippen LogP contribution >= 0.6 is 0 Å². The Labute approximate surface area is 125 Å². The van der Waals surface area contributed by atoms with E-state index < -0.39 is 17.7 Å². The SMILES string of the molecule is N#Cc1ccc(CNCC(O)COc2ccc(F)c(F)c2)o1. The van der Waals surface area contributed by atoms with Crippen LogP contribution in [0.3, 0.4) is 0 Å². The van der Waals surface area contributed by atoms with Crippen molar-refractivity contribution in [3.63, 3.8) is 0 Å². The Kier molecular flexibility index (Phi) is 5.47. The number of hydrogen-bond donors (Lipinski definition) is 2. The van der Waals surface area contributed by atoms with Gasteiger partial charge in [0.2, 0.25) is 5.76 Å². The summed E-state index contributed by atoms with van der Waals surface area (Å²) in [4.78, 5) is 0. The minimum Gasteiger partial charge on any atom is -0.491 e. The number of nitriles is 1. The molecule has 2 rings (SSSR count). The maximum absolute atomic E-state index is 13.0. The van der Waals surface area contributed by atoms with Crippen molar-refractivity contribution in [1.82, 2.24) is 5.32 Å². The first-order valence-electron chi connectivity index (χ1n) is 6.54. The molecule has 0 saturated carbocycles. The van der Waals surface area contributed by atoms with Gasteiger partial charge in [-0.1, -0.05) is 0 Å². The van der Waals surface area contributed by atoms with E-state index in [0.717, 1.165) is 12.1 Å². The van der Waals surface area contributed by atoms with Gasteiger partial charge in [-0.2, -0.15) is 5.26 Å². The smallest absolute Gasteiger partial charge is 0.203 e. The van der Waals surface area contributed by atoms with Crippen molar-refractivity contribution >= 4 is 0 Å². The van der Waals surface area contributed by atoms with Gasteiger partial charge in [-0.25, -0.2) is 8.78 Å². The van der Waals surface area contributed by atoms with Crippen LogP contribution in [0.25, 0.3) is 0 Å². The first-order chi connectivity index (χ1) is 10.6. The molecule has 0 radical (unpaired) electrons. The summed E-state index contributed by atoms with van der Waals surface area (Å²) in [6.45, 7) is 0.496. The zero-order valence-corrected chi connectivity index (χ0v) is 11.6. The van der Waals surface area contributed by atoms with Gasteiger partial charge in [0.05, 0.1) is 6.54 Å². The second kappa shape index (κ2) is 7.54. The van der Waals surface area contributed by atoms with Crippen molar-refractivity contribution in [1.29, 1.82) is 5.26 Å². The van der Waals surface area contributed by atoms with E-state index in [0.29, 0.717) is 12.3 Å². The Bertz CT molecular complexity index is 667. The zero-order chi connectivity index (χ0) is 15.9. The molecular formula is C15H14F2N2O3. The van der Waals surface area contributed by atoms with Crippen LogP contribution in [0.15, 0.2) is 34.7 Å². The lowest BCUT2D eigenvalue weighted by Gasteiger charge is -2.13. The number of nitrogens with zero attached hydrogens (tertiary/aromatic N) is 1. The molecule has 22 heavy (non-hydrogen) atoms. The monoisotopic (exact) mass is 308 g/mol. The number of halogens is 2. The fourth-order valence-electron chi connectivity index (χ4n) is 1.71. The van der Waals surface area contributed by atoms with E-state index in [1.807, 2.05) is 6.07 Å².